The molecule has 1 unspecified atom stereocenters. The molecule has 0 aromatic heterocycles. The average molecular weight is 539 g/mol. The lowest BCUT2D eigenvalue weighted by Gasteiger charge is -2.48. The number of amides is 2. The first-order valence-corrected chi connectivity index (χ1v) is 13.8. The SMILES string of the molecule is CN1CCN(C(=O)OCC2=C(C(=O)OC(c3ccccc3)c3ccccc3)N3C(=O)[C@@H](N)[C@H]3S(=O)C2)CC1. The number of esters is 1. The molecule has 0 radical (unpaired) electrons. The lowest BCUT2D eigenvalue weighted by atomic mass is 10.0. The summed E-state index contributed by atoms with van der Waals surface area (Å²) in [7, 11) is 0.426. The Morgan fingerprint density at radius 2 is 1.58 bits per heavy atom. The topological polar surface area (TPSA) is 122 Å². The maximum atomic E-state index is 13.7. The molecular formula is C27H30N4O6S. The maximum Gasteiger partial charge on any atom is 0.410 e. The molecule has 2 aromatic rings. The number of ether oxygens (including phenoxy) is 2. The van der Waals surface area contributed by atoms with E-state index >= 15 is 0 Å². The smallest absolute Gasteiger partial charge is 0.410 e. The lowest BCUT2D eigenvalue weighted by Crippen LogP contribution is -2.72. The summed E-state index contributed by atoms with van der Waals surface area (Å²) in [6, 6.07) is 17.5. The molecule has 0 spiro atoms. The first-order valence-electron chi connectivity index (χ1n) is 12.4. The second-order valence-electron chi connectivity index (χ2n) is 9.55. The summed E-state index contributed by atoms with van der Waals surface area (Å²) in [6.07, 6.45) is -1.27. The number of fused-ring (bicyclic) bond motifs is 1. The zero-order valence-corrected chi connectivity index (χ0v) is 21.8. The van der Waals surface area contributed by atoms with E-state index in [4.69, 9.17) is 15.2 Å². The molecule has 200 valence electrons. The van der Waals surface area contributed by atoms with Gasteiger partial charge in [-0.3, -0.25) is 13.9 Å². The Bertz CT molecular complexity index is 1220. The van der Waals surface area contributed by atoms with Crippen LogP contribution in [0.4, 0.5) is 4.79 Å². The van der Waals surface area contributed by atoms with Crippen LogP contribution in [0.2, 0.25) is 0 Å². The molecule has 2 amide bonds. The molecule has 0 bridgehead atoms. The second kappa shape index (κ2) is 11.1. The van der Waals surface area contributed by atoms with Gasteiger partial charge in [-0.15, -0.1) is 0 Å². The Labute approximate surface area is 223 Å². The van der Waals surface area contributed by atoms with E-state index < -0.39 is 46.3 Å². The van der Waals surface area contributed by atoms with E-state index in [0.717, 1.165) is 29.1 Å². The highest BCUT2D eigenvalue weighted by Crippen LogP contribution is 2.36. The summed E-state index contributed by atoms with van der Waals surface area (Å²) >= 11 is 0. The molecule has 2 saturated heterocycles. The van der Waals surface area contributed by atoms with Crippen molar-refractivity contribution in [2.24, 2.45) is 5.73 Å². The van der Waals surface area contributed by atoms with Crippen molar-refractivity contribution in [3.05, 3.63) is 83.1 Å². The number of nitrogens with two attached hydrogens (primary N) is 1. The molecule has 10 nitrogen and oxygen atoms in total. The summed E-state index contributed by atoms with van der Waals surface area (Å²) in [6.45, 7) is 2.21. The van der Waals surface area contributed by atoms with Gasteiger partial charge in [-0.25, -0.2) is 9.59 Å². The van der Waals surface area contributed by atoms with Gasteiger partial charge in [0.2, 0.25) is 5.91 Å². The van der Waals surface area contributed by atoms with E-state index in [-0.39, 0.29) is 23.6 Å². The number of hydrogen-bond acceptors (Lipinski definition) is 8. The number of benzene rings is 2. The van der Waals surface area contributed by atoms with E-state index in [1.165, 1.54) is 0 Å². The van der Waals surface area contributed by atoms with Crippen molar-refractivity contribution in [1.29, 1.82) is 0 Å². The molecule has 2 aromatic carbocycles. The molecule has 0 saturated carbocycles. The fourth-order valence-electron chi connectivity index (χ4n) is 4.83. The van der Waals surface area contributed by atoms with Gasteiger partial charge in [0.05, 0.1) is 16.6 Å². The third kappa shape index (κ3) is 5.09. The quantitative estimate of drug-likeness (QED) is 0.430. The van der Waals surface area contributed by atoms with Gasteiger partial charge in [0.15, 0.2) is 6.10 Å². The van der Waals surface area contributed by atoms with Crippen LogP contribution in [0.5, 0.6) is 0 Å². The molecule has 5 rings (SSSR count). The van der Waals surface area contributed by atoms with Gasteiger partial charge in [0, 0.05) is 31.8 Å². The van der Waals surface area contributed by atoms with Crippen molar-refractivity contribution in [2.75, 3.05) is 45.6 Å². The number of piperazine rings is 1. The van der Waals surface area contributed by atoms with Crippen LogP contribution in [-0.2, 0) is 29.9 Å². The van der Waals surface area contributed by atoms with Crippen LogP contribution in [-0.4, -0.2) is 93.9 Å². The highest BCUT2D eigenvalue weighted by molar-refractivity contribution is 7.86. The average Bonchev–Trinajstić information content (AvgIpc) is 2.95. The van der Waals surface area contributed by atoms with Crippen molar-refractivity contribution in [3.8, 4) is 0 Å². The number of rotatable bonds is 6. The fraction of sp³-hybridized carbons (Fsp3) is 0.370. The zero-order chi connectivity index (χ0) is 26.8. The molecule has 2 fully saturated rings. The molecule has 3 aliphatic heterocycles. The Kier molecular flexibility index (Phi) is 7.59. The Hall–Kier alpha value is -3.54. The van der Waals surface area contributed by atoms with Crippen molar-refractivity contribution < 1.29 is 28.1 Å². The number of hydrogen-bond donors (Lipinski definition) is 1. The number of β-lactam (4-membered cyclic amide) rings is 1. The summed E-state index contributed by atoms with van der Waals surface area (Å²) in [5.74, 6) is -1.34. The van der Waals surface area contributed by atoms with Crippen LogP contribution < -0.4 is 5.73 Å². The van der Waals surface area contributed by atoms with Crippen LogP contribution in [0.15, 0.2) is 71.9 Å². The monoisotopic (exact) mass is 538 g/mol. The van der Waals surface area contributed by atoms with Crippen molar-refractivity contribution in [3.63, 3.8) is 0 Å². The summed E-state index contributed by atoms with van der Waals surface area (Å²) in [5, 5.41) is -0.825. The van der Waals surface area contributed by atoms with Gasteiger partial charge in [-0.1, -0.05) is 60.7 Å². The van der Waals surface area contributed by atoms with Gasteiger partial charge in [0.1, 0.15) is 23.7 Å². The van der Waals surface area contributed by atoms with Crippen LogP contribution in [0.3, 0.4) is 0 Å². The summed E-state index contributed by atoms with van der Waals surface area (Å²) < 4.78 is 24.5. The normalized spacial score (nSPS) is 23.7. The Balaban J connectivity index is 1.43. The van der Waals surface area contributed by atoms with Gasteiger partial charge in [-0.05, 0) is 18.2 Å². The highest BCUT2D eigenvalue weighted by atomic mass is 32.2. The standard InChI is InChI=1S/C27H30N4O6S/c1-29-12-14-30(15-13-29)27(34)36-16-20-17-38(35)25-21(28)24(32)31(25)22(20)26(33)37-23(18-8-4-2-5-9-18)19-10-6-3-7-11-19/h2-11,21,23,25H,12-17,28H2,1H3/t21-,25-,38?/m1/s1. The van der Waals surface area contributed by atoms with E-state index in [9.17, 15) is 18.6 Å². The van der Waals surface area contributed by atoms with Gasteiger partial charge in [-0.2, -0.15) is 0 Å². The van der Waals surface area contributed by atoms with Crippen molar-refractivity contribution >= 4 is 28.8 Å². The lowest BCUT2D eigenvalue weighted by molar-refractivity contribution is -0.153. The molecule has 3 atom stereocenters. The van der Waals surface area contributed by atoms with Crippen molar-refractivity contribution in [1.82, 2.24) is 14.7 Å². The predicted octanol–water partition coefficient (Wildman–Crippen LogP) is 1.22. The molecular weight excluding hydrogens is 508 g/mol. The highest BCUT2D eigenvalue weighted by Gasteiger charge is 2.55. The molecule has 38 heavy (non-hydrogen) atoms. The number of carbonyl (C=O) groups is 3. The van der Waals surface area contributed by atoms with Gasteiger partial charge < -0.3 is 25.0 Å². The van der Waals surface area contributed by atoms with Gasteiger partial charge >= 0.3 is 12.1 Å². The molecule has 2 N–H and O–H groups in total. The molecule has 3 heterocycles. The van der Waals surface area contributed by atoms with E-state index in [1.54, 1.807) is 4.90 Å². The minimum atomic E-state index is -1.55. The predicted molar refractivity (Wildman–Crippen MR) is 140 cm³/mol. The third-order valence-electron chi connectivity index (χ3n) is 7.00. The fourth-order valence-corrected chi connectivity index (χ4v) is 6.45. The Morgan fingerprint density at radius 1 is 1.00 bits per heavy atom. The van der Waals surface area contributed by atoms with E-state index in [0.29, 0.717) is 13.1 Å². The van der Waals surface area contributed by atoms with Crippen LogP contribution in [0.25, 0.3) is 0 Å². The van der Waals surface area contributed by atoms with Crippen LogP contribution in [0, 0.1) is 0 Å². The second-order valence-corrected chi connectivity index (χ2v) is 11.1. The third-order valence-corrected chi connectivity index (χ3v) is 8.68. The van der Waals surface area contributed by atoms with Crippen molar-refractivity contribution in [2.45, 2.75) is 17.5 Å². The molecule has 0 aliphatic carbocycles. The number of carbonyl (C=O) groups excluding carboxylic acids is 3. The maximum absolute atomic E-state index is 13.7. The van der Waals surface area contributed by atoms with Crippen LogP contribution >= 0.6 is 0 Å². The molecule has 3 aliphatic rings. The van der Waals surface area contributed by atoms with E-state index in [1.807, 2.05) is 67.7 Å². The summed E-state index contributed by atoms with van der Waals surface area (Å²) in [5.41, 5.74) is 7.65. The minimum absolute atomic E-state index is 0.0515. The molecule has 11 heteroatoms. The number of nitrogens with zero attached hydrogens (tertiary/aromatic N) is 3. The largest absolute Gasteiger partial charge is 0.448 e. The zero-order valence-electron chi connectivity index (χ0n) is 21.0. The van der Waals surface area contributed by atoms with Crippen LogP contribution in [0.1, 0.15) is 17.2 Å². The first kappa shape index (κ1) is 26.1. The van der Waals surface area contributed by atoms with Gasteiger partial charge in [0.25, 0.3) is 0 Å². The van der Waals surface area contributed by atoms with E-state index in [2.05, 4.69) is 4.90 Å². The number of likely N-dealkylation sites (N-methyl/N-ethyl adjacent to an activating group) is 1. The first-order chi connectivity index (χ1) is 18.3. The minimum Gasteiger partial charge on any atom is -0.448 e. The summed E-state index contributed by atoms with van der Waals surface area (Å²) in [4.78, 5) is 44.0. The Morgan fingerprint density at radius 3 is 2.16 bits per heavy atom.